The maximum atomic E-state index is 13.6. The number of amides is 1. The van der Waals surface area contributed by atoms with Crippen molar-refractivity contribution >= 4 is 11.6 Å². The summed E-state index contributed by atoms with van der Waals surface area (Å²) in [6, 6.07) is 22.5. The number of rotatable bonds is 8. The summed E-state index contributed by atoms with van der Waals surface area (Å²) in [5, 5.41) is 0. The number of carbonyl (C=O) groups excluding carboxylic acids is 1. The Labute approximate surface area is 199 Å². The Hall–Kier alpha value is -3.77. The third-order valence-corrected chi connectivity index (χ3v) is 6.11. The number of aryl methyl sites for hydroxylation is 1. The van der Waals surface area contributed by atoms with Crippen molar-refractivity contribution < 1.29 is 4.79 Å². The van der Waals surface area contributed by atoms with Gasteiger partial charge in [-0.15, -0.1) is 0 Å². The molecule has 2 heterocycles. The molecule has 0 saturated heterocycles. The second-order valence-corrected chi connectivity index (χ2v) is 8.55. The average molecular weight is 455 g/mol. The number of nitrogens with two attached hydrogens (primary N) is 1. The highest BCUT2D eigenvalue weighted by atomic mass is 16.2. The smallest absolute Gasteiger partial charge is 0.261 e. The summed E-state index contributed by atoms with van der Waals surface area (Å²) in [5.41, 5.74) is 10.2. The Morgan fingerprint density at radius 1 is 1.03 bits per heavy atom. The molecule has 6 heteroatoms. The van der Waals surface area contributed by atoms with Gasteiger partial charge < -0.3 is 10.6 Å². The minimum atomic E-state index is -0.406. The molecule has 0 radical (unpaired) electrons. The van der Waals surface area contributed by atoms with Gasteiger partial charge in [-0.2, -0.15) is 0 Å². The molecular weight excluding hydrogens is 424 g/mol. The van der Waals surface area contributed by atoms with Crippen LogP contribution in [0.1, 0.15) is 52.1 Å². The minimum absolute atomic E-state index is 0.0957. The summed E-state index contributed by atoms with van der Waals surface area (Å²) in [4.78, 5) is 33.8. The molecule has 4 rings (SSSR count). The molecule has 2 aromatic heterocycles. The molecule has 0 saturated carbocycles. The predicted molar refractivity (Wildman–Crippen MR) is 135 cm³/mol. The number of benzene rings is 2. The van der Waals surface area contributed by atoms with E-state index in [2.05, 4.69) is 0 Å². The highest BCUT2D eigenvalue weighted by molar-refractivity contribution is 5.94. The van der Waals surface area contributed by atoms with Gasteiger partial charge in [-0.1, -0.05) is 54.1 Å². The number of carbonyl (C=O) groups is 1. The molecule has 0 fully saturated rings. The van der Waals surface area contributed by atoms with Gasteiger partial charge in [0.1, 0.15) is 5.65 Å². The largest absolute Gasteiger partial charge is 0.330 e. The van der Waals surface area contributed by atoms with Crippen LogP contribution in [0.25, 0.3) is 5.65 Å². The van der Waals surface area contributed by atoms with E-state index < -0.39 is 6.04 Å². The zero-order valence-electron chi connectivity index (χ0n) is 19.6. The molecule has 0 aliphatic rings. The number of nitrogens with zero attached hydrogens (tertiary/aromatic N) is 3. The van der Waals surface area contributed by atoms with E-state index in [9.17, 15) is 9.59 Å². The van der Waals surface area contributed by atoms with Crippen molar-refractivity contribution in [3.05, 3.63) is 117 Å². The van der Waals surface area contributed by atoms with Crippen LogP contribution in [0, 0.1) is 6.92 Å². The summed E-state index contributed by atoms with van der Waals surface area (Å²) < 4.78 is 1.57. The lowest BCUT2D eigenvalue weighted by Gasteiger charge is -2.30. The molecule has 1 atom stereocenters. The van der Waals surface area contributed by atoms with Crippen molar-refractivity contribution in [2.45, 2.75) is 32.7 Å². The van der Waals surface area contributed by atoms with E-state index in [0.29, 0.717) is 48.4 Å². The molecule has 4 aromatic rings. The summed E-state index contributed by atoms with van der Waals surface area (Å²) in [5.74, 6) is -0.0957. The second kappa shape index (κ2) is 10.4. The van der Waals surface area contributed by atoms with Crippen LogP contribution in [-0.2, 0) is 6.42 Å². The molecule has 0 spiro atoms. The van der Waals surface area contributed by atoms with E-state index in [0.717, 1.165) is 11.1 Å². The van der Waals surface area contributed by atoms with E-state index in [1.807, 2.05) is 86.6 Å². The second-order valence-electron chi connectivity index (χ2n) is 8.55. The van der Waals surface area contributed by atoms with Crippen LogP contribution >= 0.6 is 0 Å². The number of hydrogen-bond donors (Lipinski definition) is 1. The van der Waals surface area contributed by atoms with Crippen LogP contribution in [0.3, 0.4) is 0 Å². The fourth-order valence-corrected chi connectivity index (χ4v) is 4.20. The highest BCUT2D eigenvalue weighted by Gasteiger charge is 2.27. The van der Waals surface area contributed by atoms with Crippen LogP contribution < -0.4 is 11.3 Å². The molecule has 0 aliphatic heterocycles. The first kappa shape index (κ1) is 23.4. The van der Waals surface area contributed by atoms with Gasteiger partial charge in [0.05, 0.1) is 11.7 Å². The van der Waals surface area contributed by atoms with E-state index in [-0.39, 0.29) is 11.5 Å². The quantitative estimate of drug-likeness (QED) is 0.434. The Kier molecular flexibility index (Phi) is 7.18. The van der Waals surface area contributed by atoms with Gasteiger partial charge in [0.25, 0.3) is 11.5 Å². The highest BCUT2D eigenvalue weighted by Crippen LogP contribution is 2.25. The van der Waals surface area contributed by atoms with Gasteiger partial charge in [0.15, 0.2) is 0 Å². The maximum Gasteiger partial charge on any atom is 0.261 e. The average Bonchev–Trinajstić information content (AvgIpc) is 2.86. The monoisotopic (exact) mass is 454 g/mol. The van der Waals surface area contributed by atoms with Crippen LogP contribution in [0.4, 0.5) is 0 Å². The molecule has 34 heavy (non-hydrogen) atoms. The fraction of sp³-hybridized carbons (Fsp3) is 0.250. The van der Waals surface area contributed by atoms with Crippen molar-refractivity contribution in [1.82, 2.24) is 14.3 Å². The van der Waals surface area contributed by atoms with Gasteiger partial charge in [-0.05, 0) is 56.6 Å². The first-order valence-corrected chi connectivity index (χ1v) is 11.6. The van der Waals surface area contributed by atoms with Gasteiger partial charge in [-0.25, -0.2) is 4.98 Å². The van der Waals surface area contributed by atoms with Gasteiger partial charge in [0.2, 0.25) is 0 Å². The van der Waals surface area contributed by atoms with Crippen molar-refractivity contribution in [1.29, 1.82) is 0 Å². The van der Waals surface area contributed by atoms with E-state index >= 15 is 0 Å². The number of pyridine rings is 1. The van der Waals surface area contributed by atoms with E-state index in [4.69, 9.17) is 10.7 Å². The molecule has 0 bridgehead atoms. The molecule has 6 nitrogen and oxygen atoms in total. The molecule has 0 aliphatic carbocycles. The van der Waals surface area contributed by atoms with Gasteiger partial charge in [0, 0.05) is 30.3 Å². The summed E-state index contributed by atoms with van der Waals surface area (Å²) in [6.07, 6.45) is 2.83. The third kappa shape index (κ3) is 4.92. The first-order chi connectivity index (χ1) is 16.5. The Morgan fingerprint density at radius 2 is 1.74 bits per heavy atom. The lowest BCUT2D eigenvalue weighted by Crippen LogP contribution is -2.37. The number of fused-ring (bicyclic) bond motifs is 1. The Morgan fingerprint density at radius 3 is 2.44 bits per heavy atom. The SMILES string of the molecule is Cc1ccc(C(=O)N(CCCN)C(C)c2nc3ccccn3c(=O)c2Cc2ccccc2)cc1. The number of hydrogen-bond acceptors (Lipinski definition) is 4. The summed E-state index contributed by atoms with van der Waals surface area (Å²) in [7, 11) is 0. The zero-order chi connectivity index (χ0) is 24.1. The van der Waals surface area contributed by atoms with Crippen molar-refractivity contribution in [3.8, 4) is 0 Å². The van der Waals surface area contributed by atoms with Crippen LogP contribution in [0.15, 0.2) is 83.8 Å². The maximum absolute atomic E-state index is 13.6. The lowest BCUT2D eigenvalue weighted by molar-refractivity contribution is 0.0685. The van der Waals surface area contributed by atoms with Crippen molar-refractivity contribution in [2.24, 2.45) is 5.73 Å². The van der Waals surface area contributed by atoms with Crippen LogP contribution in [0.5, 0.6) is 0 Å². The van der Waals surface area contributed by atoms with E-state index in [1.54, 1.807) is 15.5 Å². The Bertz CT molecular complexity index is 1330. The van der Waals surface area contributed by atoms with Crippen molar-refractivity contribution in [2.75, 3.05) is 13.1 Å². The first-order valence-electron chi connectivity index (χ1n) is 11.6. The standard InChI is InChI=1S/C28H30N4O2/c1-20-12-14-23(15-13-20)27(33)31(18-8-16-29)21(2)26-24(19-22-9-4-3-5-10-22)28(34)32-17-7-6-11-25(32)30-26/h3-7,9-15,17,21H,8,16,18-19,29H2,1-2H3. The molecule has 2 N–H and O–H groups in total. The van der Waals surface area contributed by atoms with Gasteiger partial charge >= 0.3 is 0 Å². The Balaban J connectivity index is 1.82. The van der Waals surface area contributed by atoms with Crippen LogP contribution in [0.2, 0.25) is 0 Å². The molecular formula is C28H30N4O2. The third-order valence-electron chi connectivity index (χ3n) is 6.11. The molecule has 1 unspecified atom stereocenters. The zero-order valence-corrected chi connectivity index (χ0v) is 19.6. The van der Waals surface area contributed by atoms with Gasteiger partial charge in [-0.3, -0.25) is 14.0 Å². The van der Waals surface area contributed by atoms with Crippen molar-refractivity contribution in [3.63, 3.8) is 0 Å². The number of aromatic nitrogens is 2. The fourth-order valence-electron chi connectivity index (χ4n) is 4.20. The molecule has 2 aromatic carbocycles. The minimum Gasteiger partial charge on any atom is -0.330 e. The normalized spacial score (nSPS) is 12.0. The molecule has 1 amide bonds. The topological polar surface area (TPSA) is 80.7 Å². The summed E-state index contributed by atoms with van der Waals surface area (Å²) >= 11 is 0. The lowest BCUT2D eigenvalue weighted by atomic mass is 9.99. The predicted octanol–water partition coefficient (Wildman–Crippen LogP) is 4.15. The molecule has 174 valence electrons. The van der Waals surface area contributed by atoms with Crippen LogP contribution in [-0.4, -0.2) is 33.3 Å². The van der Waals surface area contributed by atoms with E-state index in [1.165, 1.54) is 0 Å². The summed E-state index contributed by atoms with van der Waals surface area (Å²) in [6.45, 7) is 4.88.